The molecule has 1 saturated heterocycles. The van der Waals surface area contributed by atoms with Crippen molar-refractivity contribution in [3.05, 3.63) is 89.9 Å². The molecular formula is C47H45ClF6N6O9S2. The zero-order valence-electron chi connectivity index (χ0n) is 38.1. The van der Waals surface area contributed by atoms with Gasteiger partial charge in [-0.2, -0.15) is 26.3 Å². The highest BCUT2D eigenvalue weighted by atomic mass is 35.5. The van der Waals surface area contributed by atoms with Gasteiger partial charge in [0.2, 0.25) is 27.7 Å². The number of methoxy groups -OCH3 is 1. The van der Waals surface area contributed by atoms with Crippen molar-refractivity contribution in [1.29, 1.82) is 0 Å². The monoisotopic (exact) mass is 1050 g/mol. The maximum Gasteiger partial charge on any atom is 0.458 e. The molecule has 3 amide bonds. The standard InChI is InChI=1S/C43H45ClN6O7S2.C4F6O2/c1-6-27-20-43(27,40(53)49-59(54,55)30-14-15-30)48-37(51)34-19-29(57-38-32-18-28(44)13-16-31(32)35(56-5)21-45-38)22-50(34)39(52)36(42(2,3)4)47-41-46-33(23-58-41)26-12-11-24-9-7-8-10-25(24)17-26;5-3(6,7)1(11)2(12)4(8,9)10/h6-13,16-18,21,23,27,29-30,34,36H,1,14-15,19-20,22H2,2-5H3,(H,46,47)(H,48,51)(H,49,53);/t27-,29-,34+,36-,43-;/m1./s1. The number of aromatic nitrogens is 2. The topological polar surface area (TPSA) is 203 Å². The average Bonchev–Trinajstić information content (AvgIpc) is 4.20. The van der Waals surface area contributed by atoms with Crippen molar-refractivity contribution < 1.29 is 68.2 Å². The molecule has 71 heavy (non-hydrogen) atoms. The molecule has 0 unspecified atom stereocenters. The maximum absolute atomic E-state index is 15.0. The van der Waals surface area contributed by atoms with Gasteiger partial charge in [-0.3, -0.25) is 28.7 Å². The summed E-state index contributed by atoms with van der Waals surface area (Å²) in [5.41, 5.74) is -0.521. The van der Waals surface area contributed by atoms with Crippen LogP contribution in [0.2, 0.25) is 5.02 Å². The second kappa shape index (κ2) is 19.7. The fourth-order valence-electron chi connectivity index (χ4n) is 7.99. The van der Waals surface area contributed by atoms with Gasteiger partial charge in [-0.25, -0.2) is 18.4 Å². The van der Waals surface area contributed by atoms with Crippen LogP contribution in [0, 0.1) is 11.3 Å². The smallest absolute Gasteiger partial charge is 0.458 e. The summed E-state index contributed by atoms with van der Waals surface area (Å²) in [6.07, 6.45) is -8.06. The molecular weight excluding hydrogens is 1010 g/mol. The number of pyridine rings is 1. The molecule has 378 valence electrons. The maximum atomic E-state index is 15.0. The van der Waals surface area contributed by atoms with Crippen molar-refractivity contribution in [2.45, 2.75) is 87.8 Å². The van der Waals surface area contributed by atoms with Crippen molar-refractivity contribution in [3.63, 3.8) is 0 Å². The van der Waals surface area contributed by atoms with Crippen molar-refractivity contribution in [2.75, 3.05) is 19.0 Å². The van der Waals surface area contributed by atoms with E-state index in [2.05, 4.69) is 39.1 Å². The van der Waals surface area contributed by atoms with E-state index >= 15 is 0 Å². The largest absolute Gasteiger partial charge is 0.494 e. The van der Waals surface area contributed by atoms with Gasteiger partial charge in [0.25, 0.3) is 5.91 Å². The summed E-state index contributed by atoms with van der Waals surface area (Å²) in [6.45, 7) is 9.59. The van der Waals surface area contributed by atoms with Gasteiger partial charge in [-0.1, -0.05) is 74.8 Å². The molecule has 0 spiro atoms. The summed E-state index contributed by atoms with van der Waals surface area (Å²) in [4.78, 5) is 73.2. The number of halogens is 7. The number of carbonyl (C=O) groups excluding carboxylic acids is 5. The molecule has 15 nitrogen and oxygen atoms in total. The van der Waals surface area contributed by atoms with Gasteiger partial charge in [0.1, 0.15) is 29.5 Å². The number of carbonyl (C=O) groups is 5. The first-order chi connectivity index (χ1) is 33.2. The predicted molar refractivity (Wildman–Crippen MR) is 251 cm³/mol. The number of ether oxygens (including phenoxy) is 2. The van der Waals surface area contributed by atoms with E-state index in [9.17, 15) is 58.7 Å². The molecule has 5 aromatic rings. The summed E-state index contributed by atoms with van der Waals surface area (Å²) in [5, 5.41) is 12.0. The molecule has 3 aliphatic rings. The number of alkyl halides is 6. The molecule has 8 rings (SSSR count). The lowest BCUT2D eigenvalue weighted by molar-refractivity contribution is -0.193. The van der Waals surface area contributed by atoms with E-state index in [1.54, 1.807) is 18.2 Å². The van der Waals surface area contributed by atoms with Crippen LogP contribution in [0.25, 0.3) is 32.8 Å². The Labute approximate surface area is 411 Å². The number of hydrogen-bond donors (Lipinski definition) is 3. The number of anilines is 1. The molecule has 3 aromatic carbocycles. The lowest BCUT2D eigenvalue weighted by Gasteiger charge is -2.35. The molecule has 1 aliphatic heterocycles. The van der Waals surface area contributed by atoms with Gasteiger partial charge in [0.05, 0.1) is 30.8 Å². The second-order valence-corrected chi connectivity index (χ2v) is 21.4. The molecule has 3 fully saturated rings. The Morgan fingerprint density at radius 1 is 0.944 bits per heavy atom. The third kappa shape index (κ3) is 11.6. The SMILES string of the molecule is C=C[C@@H]1C[C@]1(NC(=O)[C@@H]1C[C@@H](Oc2ncc(OC)c3ccc(Cl)cc23)CN1C(=O)[C@@H](Nc1nc(-c2ccc3ccccc3c2)cs1)C(C)(C)C)C(=O)NS(=O)(=O)C1CC1.O=C(C(=O)C(F)(F)F)C(F)(F)F. The minimum Gasteiger partial charge on any atom is -0.494 e. The molecule has 24 heteroatoms. The van der Waals surface area contributed by atoms with Gasteiger partial charge in [0, 0.05) is 39.1 Å². The molecule has 2 aromatic heterocycles. The number of nitrogens with one attached hydrogen (secondary N) is 3. The Morgan fingerprint density at radius 2 is 1.61 bits per heavy atom. The number of thiazole rings is 1. The fraction of sp³-hybridized carbons (Fsp3) is 0.383. The van der Waals surface area contributed by atoms with E-state index in [4.69, 9.17) is 26.1 Å². The van der Waals surface area contributed by atoms with Crippen LogP contribution in [0.1, 0.15) is 46.5 Å². The van der Waals surface area contributed by atoms with Crippen molar-refractivity contribution in [1.82, 2.24) is 24.9 Å². The van der Waals surface area contributed by atoms with Crippen molar-refractivity contribution >= 4 is 88.9 Å². The Morgan fingerprint density at radius 3 is 2.20 bits per heavy atom. The summed E-state index contributed by atoms with van der Waals surface area (Å²) in [6, 6.07) is 17.5. The minimum absolute atomic E-state index is 0.00129. The van der Waals surface area contributed by atoms with Crippen LogP contribution in [0.4, 0.5) is 31.5 Å². The van der Waals surface area contributed by atoms with E-state index in [1.165, 1.54) is 35.6 Å². The first kappa shape index (κ1) is 52.5. The lowest BCUT2D eigenvalue weighted by Crippen LogP contribution is -2.58. The summed E-state index contributed by atoms with van der Waals surface area (Å²) < 4.78 is 107. The number of rotatable bonds is 14. The van der Waals surface area contributed by atoms with E-state index in [-0.39, 0.29) is 31.2 Å². The number of benzene rings is 3. The van der Waals surface area contributed by atoms with Gasteiger partial charge in [-0.05, 0) is 59.7 Å². The van der Waals surface area contributed by atoms with Crippen LogP contribution >= 0.6 is 22.9 Å². The zero-order chi connectivity index (χ0) is 52.0. The van der Waals surface area contributed by atoms with E-state index < -0.39 is 86.1 Å². The van der Waals surface area contributed by atoms with Crippen LogP contribution in [0.3, 0.4) is 0 Å². The first-order valence-electron chi connectivity index (χ1n) is 21.7. The number of fused-ring (bicyclic) bond motifs is 2. The highest BCUT2D eigenvalue weighted by Gasteiger charge is 2.62. The molecule has 3 N–H and O–H groups in total. The second-order valence-electron chi connectivity index (χ2n) is 18.2. The lowest BCUT2D eigenvalue weighted by atomic mass is 9.85. The number of ketones is 2. The van der Waals surface area contributed by atoms with Gasteiger partial charge in [0.15, 0.2) is 5.13 Å². The van der Waals surface area contributed by atoms with E-state index in [0.29, 0.717) is 39.5 Å². The highest BCUT2D eigenvalue weighted by Crippen LogP contribution is 2.46. The summed E-state index contributed by atoms with van der Waals surface area (Å²) >= 11 is 7.77. The predicted octanol–water partition coefficient (Wildman–Crippen LogP) is 7.97. The number of hydrogen-bond acceptors (Lipinski definition) is 13. The number of likely N-dealkylation sites (tertiary alicyclic amines) is 1. The number of nitrogens with zero attached hydrogens (tertiary/aromatic N) is 3. The number of sulfonamides is 1. The molecule has 3 heterocycles. The van der Waals surface area contributed by atoms with Crippen LogP contribution in [-0.2, 0) is 34.0 Å². The minimum atomic E-state index is -5.77. The Balaban J connectivity index is 0.000000547. The number of Topliss-reactive ketones (excluding diaryl/α,β-unsaturated/α-hetero) is 2. The Bertz CT molecular complexity index is 3030. The quantitative estimate of drug-likeness (QED) is 0.0551. The molecule has 0 bridgehead atoms. The van der Waals surface area contributed by atoms with Gasteiger partial charge < -0.3 is 25.0 Å². The molecule has 5 atom stereocenters. The number of amides is 3. The van der Waals surface area contributed by atoms with E-state index in [0.717, 1.165) is 22.0 Å². The van der Waals surface area contributed by atoms with Crippen molar-refractivity contribution in [2.24, 2.45) is 11.3 Å². The Hall–Kier alpha value is -6.33. The highest BCUT2D eigenvalue weighted by molar-refractivity contribution is 7.91. The summed E-state index contributed by atoms with van der Waals surface area (Å²) in [7, 11) is -2.36. The molecule has 0 radical (unpaired) electrons. The first-order valence-corrected chi connectivity index (χ1v) is 24.5. The van der Waals surface area contributed by atoms with Gasteiger partial charge >= 0.3 is 23.9 Å². The Kier molecular flexibility index (Phi) is 14.6. The fourth-order valence-corrected chi connectivity index (χ4v) is 10.3. The average molecular weight is 1050 g/mol. The molecule has 2 aliphatic carbocycles. The zero-order valence-corrected chi connectivity index (χ0v) is 40.5. The van der Waals surface area contributed by atoms with Crippen LogP contribution < -0.4 is 24.8 Å². The van der Waals surface area contributed by atoms with Crippen LogP contribution in [0.5, 0.6) is 11.6 Å². The normalized spacial score (nSPS) is 20.5. The van der Waals surface area contributed by atoms with Gasteiger partial charge in [-0.15, -0.1) is 17.9 Å². The molecule has 2 saturated carbocycles. The van der Waals surface area contributed by atoms with Crippen molar-refractivity contribution in [3.8, 4) is 22.9 Å². The third-order valence-electron chi connectivity index (χ3n) is 12.0. The van der Waals surface area contributed by atoms with Crippen LogP contribution in [0.15, 0.2) is 84.9 Å². The van der Waals surface area contributed by atoms with Crippen LogP contribution in [-0.4, -0.2) is 108 Å². The third-order valence-corrected chi connectivity index (χ3v) is 14.9. The summed E-state index contributed by atoms with van der Waals surface area (Å²) in [5.74, 6) is -8.39. The van der Waals surface area contributed by atoms with E-state index in [1.807, 2.05) is 56.5 Å².